The SMILES string of the molecule is Fc1ccc(C(F)(C(F)(F)F)C(F)(F)C(F)(F)F)cc1. The molecule has 1 aromatic rings. The highest BCUT2D eigenvalue weighted by Crippen LogP contribution is 2.58. The summed E-state index contributed by atoms with van der Waals surface area (Å²) in [5.41, 5.74) is -8.07. The third kappa shape index (κ3) is 2.31. The molecule has 0 spiro atoms. The van der Waals surface area contributed by atoms with Gasteiger partial charge in [0, 0.05) is 5.56 Å². The van der Waals surface area contributed by atoms with E-state index >= 15 is 0 Å². The normalized spacial score (nSPS) is 16.9. The molecule has 114 valence electrons. The van der Waals surface area contributed by atoms with Gasteiger partial charge >= 0.3 is 23.9 Å². The fourth-order valence-electron chi connectivity index (χ4n) is 1.40. The Morgan fingerprint density at radius 3 is 1.30 bits per heavy atom. The van der Waals surface area contributed by atoms with Crippen LogP contribution in [-0.4, -0.2) is 18.3 Å². The molecule has 1 unspecified atom stereocenters. The van der Waals surface area contributed by atoms with E-state index in [2.05, 4.69) is 0 Å². The van der Waals surface area contributed by atoms with Crippen LogP contribution in [0.5, 0.6) is 0 Å². The topological polar surface area (TPSA) is 0 Å². The molecule has 20 heavy (non-hydrogen) atoms. The van der Waals surface area contributed by atoms with Crippen molar-refractivity contribution in [2.45, 2.75) is 23.9 Å². The van der Waals surface area contributed by atoms with Crippen LogP contribution in [0.3, 0.4) is 0 Å². The van der Waals surface area contributed by atoms with Crippen molar-refractivity contribution in [2.75, 3.05) is 0 Å². The van der Waals surface area contributed by atoms with E-state index in [0.29, 0.717) is 0 Å². The molecule has 0 amide bonds. The van der Waals surface area contributed by atoms with E-state index in [1.807, 2.05) is 0 Å². The van der Waals surface area contributed by atoms with Crippen LogP contribution in [0.25, 0.3) is 0 Å². The minimum atomic E-state index is -6.79. The molecule has 0 nitrogen and oxygen atoms in total. The van der Waals surface area contributed by atoms with Gasteiger partial charge in [0.2, 0.25) is 0 Å². The Labute approximate surface area is 105 Å². The molecule has 0 fully saturated rings. The number of benzene rings is 1. The molecule has 0 saturated carbocycles. The minimum Gasteiger partial charge on any atom is -0.221 e. The smallest absolute Gasteiger partial charge is 0.221 e. The lowest BCUT2D eigenvalue weighted by molar-refractivity contribution is -0.389. The van der Waals surface area contributed by atoms with E-state index in [1.165, 1.54) is 0 Å². The summed E-state index contributed by atoms with van der Waals surface area (Å²) < 4.78 is 126. The number of hydrogen-bond donors (Lipinski definition) is 0. The molecule has 0 N–H and O–H groups in total. The van der Waals surface area contributed by atoms with Gasteiger partial charge in [0.25, 0.3) is 0 Å². The van der Waals surface area contributed by atoms with Gasteiger partial charge in [-0.05, 0) is 12.1 Å². The van der Waals surface area contributed by atoms with Crippen molar-refractivity contribution in [1.82, 2.24) is 0 Å². The summed E-state index contributed by atoms with van der Waals surface area (Å²) in [5, 5.41) is 0. The zero-order valence-corrected chi connectivity index (χ0v) is 9.09. The summed E-state index contributed by atoms with van der Waals surface area (Å²) in [4.78, 5) is 0. The second kappa shape index (κ2) is 4.52. The fourth-order valence-corrected chi connectivity index (χ4v) is 1.40. The third-order valence-electron chi connectivity index (χ3n) is 2.42. The summed E-state index contributed by atoms with van der Waals surface area (Å²) in [6.07, 6.45) is -13.4. The lowest BCUT2D eigenvalue weighted by atomic mass is 9.87. The first-order chi connectivity index (χ1) is 8.75. The Morgan fingerprint density at radius 1 is 0.600 bits per heavy atom. The molecule has 10 heteroatoms. The van der Waals surface area contributed by atoms with E-state index in [1.54, 1.807) is 0 Å². The van der Waals surface area contributed by atoms with Gasteiger partial charge in [0.15, 0.2) is 0 Å². The van der Waals surface area contributed by atoms with Crippen LogP contribution in [-0.2, 0) is 5.67 Å². The van der Waals surface area contributed by atoms with Gasteiger partial charge in [-0.2, -0.15) is 35.1 Å². The zero-order chi connectivity index (χ0) is 16.0. The van der Waals surface area contributed by atoms with Crippen molar-refractivity contribution < 1.29 is 43.9 Å². The largest absolute Gasteiger partial charge is 0.457 e. The molecule has 0 aromatic heterocycles. The number of hydrogen-bond acceptors (Lipinski definition) is 0. The maximum atomic E-state index is 13.7. The molecule has 1 aromatic carbocycles. The van der Waals surface area contributed by atoms with Gasteiger partial charge in [-0.25, -0.2) is 8.78 Å². The monoisotopic (exact) mass is 314 g/mol. The molecule has 0 heterocycles. The molecule has 1 atom stereocenters. The third-order valence-corrected chi connectivity index (χ3v) is 2.42. The van der Waals surface area contributed by atoms with Crippen molar-refractivity contribution in [3.8, 4) is 0 Å². The molecule has 0 aliphatic carbocycles. The van der Waals surface area contributed by atoms with Crippen LogP contribution >= 0.6 is 0 Å². The first kappa shape index (κ1) is 16.6. The van der Waals surface area contributed by atoms with Crippen LogP contribution in [0.4, 0.5) is 43.9 Å². The minimum absolute atomic E-state index is 0.123. The first-order valence-corrected chi connectivity index (χ1v) is 4.71. The van der Waals surface area contributed by atoms with Gasteiger partial charge in [-0.3, -0.25) is 0 Å². The predicted octanol–water partition coefficient (Wildman–Crippen LogP) is 4.75. The lowest BCUT2D eigenvalue weighted by Gasteiger charge is -2.36. The van der Waals surface area contributed by atoms with Crippen LogP contribution < -0.4 is 0 Å². The highest BCUT2D eigenvalue weighted by Gasteiger charge is 2.81. The van der Waals surface area contributed by atoms with Crippen molar-refractivity contribution >= 4 is 0 Å². The molecule has 0 aliphatic heterocycles. The van der Waals surface area contributed by atoms with Crippen molar-refractivity contribution in [3.63, 3.8) is 0 Å². The van der Waals surface area contributed by atoms with E-state index in [-0.39, 0.29) is 24.3 Å². The van der Waals surface area contributed by atoms with Gasteiger partial charge in [-0.15, -0.1) is 0 Å². The molecule has 0 aliphatic rings. The second-order valence-corrected chi connectivity index (χ2v) is 3.74. The van der Waals surface area contributed by atoms with Gasteiger partial charge in [0.05, 0.1) is 0 Å². The van der Waals surface area contributed by atoms with E-state index in [0.717, 1.165) is 0 Å². The Morgan fingerprint density at radius 2 is 1.00 bits per heavy atom. The van der Waals surface area contributed by atoms with Crippen molar-refractivity contribution in [1.29, 1.82) is 0 Å². The molecule has 1 rings (SSSR count). The number of halogens is 10. The summed E-state index contributed by atoms with van der Waals surface area (Å²) in [5.74, 6) is -7.97. The second-order valence-electron chi connectivity index (χ2n) is 3.74. The highest BCUT2D eigenvalue weighted by atomic mass is 19.4. The number of rotatable bonds is 2. The Balaban J connectivity index is 3.58. The maximum absolute atomic E-state index is 13.7. The van der Waals surface area contributed by atoms with Gasteiger partial charge < -0.3 is 0 Å². The highest BCUT2D eigenvalue weighted by molar-refractivity contribution is 5.29. The summed E-state index contributed by atoms with van der Waals surface area (Å²) in [6.45, 7) is 0. The van der Waals surface area contributed by atoms with Crippen molar-refractivity contribution in [3.05, 3.63) is 35.6 Å². The molecular formula is C10H4F10. The summed E-state index contributed by atoms with van der Waals surface area (Å²) in [7, 11) is 0. The fraction of sp³-hybridized carbons (Fsp3) is 0.400. The summed E-state index contributed by atoms with van der Waals surface area (Å²) >= 11 is 0. The van der Waals surface area contributed by atoms with E-state index in [4.69, 9.17) is 0 Å². The van der Waals surface area contributed by atoms with E-state index in [9.17, 15) is 43.9 Å². The van der Waals surface area contributed by atoms with Crippen LogP contribution in [0.15, 0.2) is 24.3 Å². The van der Waals surface area contributed by atoms with Crippen LogP contribution in [0.2, 0.25) is 0 Å². The molecule has 0 saturated heterocycles. The van der Waals surface area contributed by atoms with E-state index < -0.39 is 35.3 Å². The first-order valence-electron chi connectivity index (χ1n) is 4.71. The predicted molar refractivity (Wildman–Crippen MR) is 46.2 cm³/mol. The Bertz CT molecular complexity index is 468. The average molecular weight is 314 g/mol. The average Bonchev–Trinajstić information content (AvgIpc) is 2.25. The molecule has 0 bridgehead atoms. The van der Waals surface area contributed by atoms with Crippen LogP contribution in [0, 0.1) is 5.82 Å². The van der Waals surface area contributed by atoms with Gasteiger partial charge in [-0.1, -0.05) is 12.1 Å². The lowest BCUT2D eigenvalue weighted by Crippen LogP contribution is -2.59. The zero-order valence-electron chi connectivity index (χ0n) is 9.09. The summed E-state index contributed by atoms with van der Waals surface area (Å²) in [6, 6.07) is 0.0364. The number of alkyl halides is 9. The standard InChI is InChI=1S/C10H4F10/c11-6-3-1-5(2-4-6)7(12,9(15,16)17)8(13,14)10(18,19)20/h1-4H. The van der Waals surface area contributed by atoms with Crippen molar-refractivity contribution in [2.24, 2.45) is 0 Å². The quantitative estimate of drug-likeness (QED) is 0.691. The maximum Gasteiger partial charge on any atom is 0.457 e. The Kier molecular flexibility index (Phi) is 3.75. The van der Waals surface area contributed by atoms with Crippen LogP contribution in [0.1, 0.15) is 5.56 Å². The molecular weight excluding hydrogens is 310 g/mol. The van der Waals surface area contributed by atoms with Gasteiger partial charge in [0.1, 0.15) is 5.82 Å². The molecule has 0 radical (unpaired) electrons. The Hall–Kier alpha value is -1.48.